The fourth-order valence-corrected chi connectivity index (χ4v) is 2.16. The van der Waals surface area contributed by atoms with Crippen LogP contribution in [0, 0.1) is 5.82 Å². The second-order valence-corrected chi connectivity index (χ2v) is 4.83. The normalized spacial score (nSPS) is 18.9. The summed E-state index contributed by atoms with van der Waals surface area (Å²) < 4.78 is 18.8. The Balaban J connectivity index is 0.00000220. The number of halogens is 2. The molecular weight excluding hydrogens is 297 g/mol. The minimum absolute atomic E-state index is 0. The predicted octanol–water partition coefficient (Wildman–Crippen LogP) is 0.523. The Morgan fingerprint density at radius 1 is 1.48 bits per heavy atom. The van der Waals surface area contributed by atoms with E-state index in [1.54, 1.807) is 18.2 Å². The van der Waals surface area contributed by atoms with Crippen LogP contribution in [-0.4, -0.2) is 49.7 Å². The lowest BCUT2D eigenvalue weighted by Crippen LogP contribution is -2.48. The Bertz CT molecular complexity index is 462. The molecule has 1 saturated heterocycles. The van der Waals surface area contributed by atoms with Crippen LogP contribution in [0.15, 0.2) is 24.3 Å². The lowest BCUT2D eigenvalue weighted by atomic mass is 10.2. The number of rotatable bonds is 5. The molecule has 3 N–H and O–H groups in total. The van der Waals surface area contributed by atoms with E-state index in [1.165, 1.54) is 6.07 Å². The summed E-state index contributed by atoms with van der Waals surface area (Å²) in [5.74, 6) is -0.423. The van der Waals surface area contributed by atoms with Gasteiger partial charge in [0.05, 0.1) is 19.3 Å². The molecule has 0 bridgehead atoms. The van der Waals surface area contributed by atoms with E-state index in [2.05, 4.69) is 5.32 Å². The number of benzene rings is 1. The van der Waals surface area contributed by atoms with Crippen LogP contribution in [0.5, 0.6) is 0 Å². The van der Waals surface area contributed by atoms with Gasteiger partial charge in [-0.3, -0.25) is 9.69 Å². The highest BCUT2D eigenvalue weighted by Gasteiger charge is 2.20. The second kappa shape index (κ2) is 8.94. The molecule has 7 heteroatoms. The van der Waals surface area contributed by atoms with Gasteiger partial charge < -0.3 is 15.8 Å². The lowest BCUT2D eigenvalue weighted by molar-refractivity contribution is -0.124. The van der Waals surface area contributed by atoms with Gasteiger partial charge in [-0.2, -0.15) is 0 Å². The molecule has 0 aromatic heterocycles. The average molecular weight is 318 g/mol. The summed E-state index contributed by atoms with van der Waals surface area (Å²) >= 11 is 0. The molecule has 21 heavy (non-hydrogen) atoms. The number of morpholine rings is 1. The monoisotopic (exact) mass is 317 g/mol. The Morgan fingerprint density at radius 3 is 2.95 bits per heavy atom. The fourth-order valence-electron chi connectivity index (χ4n) is 2.16. The van der Waals surface area contributed by atoms with Crippen LogP contribution >= 0.6 is 12.4 Å². The quantitative estimate of drug-likeness (QED) is 0.831. The molecule has 1 aromatic carbocycles. The number of ether oxygens (including phenoxy) is 1. The first-order chi connectivity index (χ1) is 9.69. The molecule has 1 aliphatic heterocycles. The van der Waals surface area contributed by atoms with Crippen molar-refractivity contribution < 1.29 is 13.9 Å². The highest BCUT2D eigenvalue weighted by atomic mass is 35.5. The van der Waals surface area contributed by atoms with Gasteiger partial charge in [-0.1, -0.05) is 18.2 Å². The van der Waals surface area contributed by atoms with Gasteiger partial charge >= 0.3 is 0 Å². The van der Waals surface area contributed by atoms with Gasteiger partial charge in [0.25, 0.3) is 0 Å². The summed E-state index contributed by atoms with van der Waals surface area (Å²) in [7, 11) is 0. The van der Waals surface area contributed by atoms with Crippen LogP contribution in [0.2, 0.25) is 0 Å². The van der Waals surface area contributed by atoms with Gasteiger partial charge in [0.15, 0.2) is 0 Å². The molecule has 0 spiro atoms. The molecule has 0 radical (unpaired) electrons. The van der Waals surface area contributed by atoms with Gasteiger partial charge in [-0.25, -0.2) is 4.39 Å². The lowest BCUT2D eigenvalue weighted by Gasteiger charge is -2.31. The standard InChI is InChI=1S/C14H20FN3O2.ClH/c15-13-4-2-1-3-11(13)8-17-14(19)10-18-5-6-20-12(7-16)9-18;/h1-4,12H,5-10,16H2,(H,17,19);1H. The molecule has 5 nitrogen and oxygen atoms in total. The van der Waals surface area contributed by atoms with Crippen molar-refractivity contribution >= 4 is 18.3 Å². The van der Waals surface area contributed by atoms with Crippen molar-refractivity contribution in [2.24, 2.45) is 5.73 Å². The van der Waals surface area contributed by atoms with Crippen molar-refractivity contribution in [1.82, 2.24) is 10.2 Å². The van der Waals surface area contributed by atoms with Crippen molar-refractivity contribution in [2.45, 2.75) is 12.6 Å². The van der Waals surface area contributed by atoms with Gasteiger partial charge in [-0.05, 0) is 6.07 Å². The SMILES string of the molecule is Cl.NCC1CN(CC(=O)NCc2ccccc2F)CCO1. The Hall–Kier alpha value is -1.21. The molecule has 0 aliphatic carbocycles. The molecule has 1 aliphatic rings. The average Bonchev–Trinajstić information content (AvgIpc) is 2.46. The third kappa shape index (κ3) is 5.59. The van der Waals surface area contributed by atoms with Gasteiger partial charge in [0.1, 0.15) is 5.82 Å². The predicted molar refractivity (Wildman–Crippen MR) is 80.7 cm³/mol. The van der Waals surface area contributed by atoms with Gasteiger partial charge in [0.2, 0.25) is 5.91 Å². The first-order valence-corrected chi connectivity index (χ1v) is 6.73. The minimum atomic E-state index is -0.303. The van der Waals surface area contributed by atoms with Crippen molar-refractivity contribution in [2.75, 3.05) is 32.8 Å². The summed E-state index contributed by atoms with van der Waals surface area (Å²) in [5.41, 5.74) is 6.04. The van der Waals surface area contributed by atoms with Crippen LogP contribution in [0.1, 0.15) is 5.56 Å². The molecule has 1 heterocycles. The van der Waals surface area contributed by atoms with Crippen LogP contribution < -0.4 is 11.1 Å². The zero-order chi connectivity index (χ0) is 14.4. The van der Waals surface area contributed by atoms with E-state index < -0.39 is 0 Å². The number of nitrogens with zero attached hydrogens (tertiary/aromatic N) is 1. The summed E-state index contributed by atoms with van der Waals surface area (Å²) in [6, 6.07) is 6.42. The van der Waals surface area contributed by atoms with E-state index in [0.717, 1.165) is 0 Å². The molecule has 0 saturated carbocycles. The maximum Gasteiger partial charge on any atom is 0.234 e. The number of carbonyl (C=O) groups excluding carboxylic acids is 1. The summed E-state index contributed by atoms with van der Waals surface area (Å²) in [6.07, 6.45) is -0.0110. The maximum absolute atomic E-state index is 13.4. The van der Waals surface area contributed by atoms with Crippen LogP contribution in [0.25, 0.3) is 0 Å². The third-order valence-electron chi connectivity index (χ3n) is 3.29. The van der Waals surface area contributed by atoms with Gasteiger partial charge in [-0.15, -0.1) is 12.4 Å². The number of hydrogen-bond donors (Lipinski definition) is 2. The van der Waals surface area contributed by atoms with E-state index in [4.69, 9.17) is 10.5 Å². The van der Waals surface area contributed by atoms with E-state index in [9.17, 15) is 9.18 Å². The summed E-state index contributed by atoms with van der Waals surface area (Å²) in [5, 5.41) is 2.73. The number of carbonyl (C=O) groups is 1. The molecule has 1 atom stereocenters. The summed E-state index contributed by atoms with van der Waals surface area (Å²) in [4.78, 5) is 13.8. The molecule has 118 valence electrons. The first kappa shape index (κ1) is 17.8. The van der Waals surface area contributed by atoms with E-state index in [0.29, 0.717) is 31.8 Å². The first-order valence-electron chi connectivity index (χ1n) is 6.73. The molecular formula is C14H21ClFN3O2. The van der Waals surface area contributed by atoms with Crippen molar-refractivity contribution in [3.63, 3.8) is 0 Å². The molecule has 1 fully saturated rings. The van der Waals surface area contributed by atoms with E-state index >= 15 is 0 Å². The minimum Gasteiger partial charge on any atom is -0.374 e. The molecule has 1 amide bonds. The molecule has 2 rings (SSSR count). The Kier molecular flexibility index (Phi) is 7.60. The van der Waals surface area contributed by atoms with Crippen LogP contribution in [0.4, 0.5) is 4.39 Å². The summed E-state index contributed by atoms with van der Waals surface area (Å²) in [6.45, 7) is 2.90. The topological polar surface area (TPSA) is 67.6 Å². The number of hydrogen-bond acceptors (Lipinski definition) is 4. The molecule has 1 unspecified atom stereocenters. The highest BCUT2D eigenvalue weighted by Crippen LogP contribution is 2.06. The largest absolute Gasteiger partial charge is 0.374 e. The van der Waals surface area contributed by atoms with E-state index in [1.807, 2.05) is 4.90 Å². The highest BCUT2D eigenvalue weighted by molar-refractivity contribution is 5.85. The van der Waals surface area contributed by atoms with E-state index in [-0.39, 0.29) is 43.3 Å². The molecule has 1 aromatic rings. The van der Waals surface area contributed by atoms with Crippen molar-refractivity contribution in [3.05, 3.63) is 35.6 Å². The maximum atomic E-state index is 13.4. The third-order valence-corrected chi connectivity index (χ3v) is 3.29. The zero-order valence-electron chi connectivity index (χ0n) is 11.8. The number of nitrogens with one attached hydrogen (secondary N) is 1. The number of nitrogens with two attached hydrogens (primary N) is 1. The van der Waals surface area contributed by atoms with Crippen LogP contribution in [-0.2, 0) is 16.1 Å². The fraction of sp³-hybridized carbons (Fsp3) is 0.500. The van der Waals surface area contributed by atoms with Crippen LogP contribution in [0.3, 0.4) is 0 Å². The van der Waals surface area contributed by atoms with Gasteiger partial charge in [0, 0.05) is 31.7 Å². The zero-order valence-corrected chi connectivity index (χ0v) is 12.6. The Labute approximate surface area is 130 Å². The van der Waals surface area contributed by atoms with Crippen molar-refractivity contribution in [1.29, 1.82) is 0 Å². The smallest absolute Gasteiger partial charge is 0.234 e. The number of amides is 1. The second-order valence-electron chi connectivity index (χ2n) is 4.83. The Morgan fingerprint density at radius 2 is 2.24 bits per heavy atom. The van der Waals surface area contributed by atoms with Crippen molar-refractivity contribution in [3.8, 4) is 0 Å².